The quantitative estimate of drug-likeness (QED) is 0.848. The number of aromatic nitrogens is 1. The predicted molar refractivity (Wildman–Crippen MR) is 96.3 cm³/mol. The largest absolute Gasteiger partial charge is 0.417 e. The van der Waals surface area contributed by atoms with Crippen molar-refractivity contribution in [1.82, 2.24) is 15.2 Å². The summed E-state index contributed by atoms with van der Waals surface area (Å²) in [5.41, 5.74) is 1.51. The van der Waals surface area contributed by atoms with Crippen molar-refractivity contribution in [1.29, 1.82) is 0 Å². The molecule has 1 N–H and O–H groups in total. The first kappa shape index (κ1) is 19.1. The van der Waals surface area contributed by atoms with E-state index in [1.54, 1.807) is 12.3 Å². The van der Waals surface area contributed by atoms with Crippen molar-refractivity contribution in [2.75, 3.05) is 26.2 Å². The lowest BCUT2D eigenvalue weighted by atomic mass is 9.98. The monoisotopic (exact) mass is 383 g/mol. The van der Waals surface area contributed by atoms with Crippen molar-refractivity contribution < 1.29 is 13.2 Å². The second-order valence-corrected chi connectivity index (χ2v) is 6.95. The van der Waals surface area contributed by atoms with Gasteiger partial charge in [0.25, 0.3) is 0 Å². The number of nitrogens with one attached hydrogen (secondary N) is 1. The maximum atomic E-state index is 13.3. The van der Waals surface area contributed by atoms with Crippen LogP contribution in [0.25, 0.3) is 0 Å². The van der Waals surface area contributed by atoms with Gasteiger partial charge in [0, 0.05) is 25.8 Å². The first-order valence-corrected chi connectivity index (χ1v) is 8.98. The molecule has 140 valence electrons. The van der Waals surface area contributed by atoms with Crippen LogP contribution in [-0.2, 0) is 6.18 Å². The third-order valence-corrected chi connectivity index (χ3v) is 4.90. The fourth-order valence-corrected chi connectivity index (χ4v) is 3.49. The van der Waals surface area contributed by atoms with Crippen molar-refractivity contribution in [3.63, 3.8) is 0 Å². The van der Waals surface area contributed by atoms with E-state index in [9.17, 15) is 13.2 Å². The predicted octanol–water partition coefficient (Wildman–Crippen LogP) is 4.45. The van der Waals surface area contributed by atoms with E-state index in [0.717, 1.165) is 49.9 Å². The lowest BCUT2D eigenvalue weighted by Crippen LogP contribution is -2.33. The van der Waals surface area contributed by atoms with E-state index < -0.39 is 11.7 Å². The van der Waals surface area contributed by atoms with Crippen LogP contribution in [0.5, 0.6) is 0 Å². The molecule has 1 atom stereocenters. The smallest absolute Gasteiger partial charge is 0.315 e. The van der Waals surface area contributed by atoms with Crippen LogP contribution < -0.4 is 5.32 Å². The fourth-order valence-electron chi connectivity index (χ4n) is 3.26. The standard InChI is InChI=1S/C19H21ClF3N3/c1-13-3-6-17(25-12-13)18(26-9-2-7-24-8-10-26)14-4-5-16(20)15(11-14)19(21,22)23/h3-6,11-12,18,24H,2,7-10H2,1H3. The summed E-state index contributed by atoms with van der Waals surface area (Å²) >= 11 is 5.81. The minimum absolute atomic E-state index is 0.283. The highest BCUT2D eigenvalue weighted by Gasteiger charge is 2.35. The molecule has 2 heterocycles. The highest BCUT2D eigenvalue weighted by Crippen LogP contribution is 2.38. The summed E-state index contributed by atoms with van der Waals surface area (Å²) < 4.78 is 40.0. The molecule has 1 fully saturated rings. The van der Waals surface area contributed by atoms with Crippen molar-refractivity contribution >= 4 is 11.6 Å². The fraction of sp³-hybridized carbons (Fsp3) is 0.421. The van der Waals surface area contributed by atoms with E-state index in [-0.39, 0.29) is 11.1 Å². The molecule has 3 rings (SSSR count). The van der Waals surface area contributed by atoms with Gasteiger partial charge in [0.05, 0.1) is 22.3 Å². The van der Waals surface area contributed by atoms with Crippen LogP contribution in [-0.4, -0.2) is 36.1 Å². The van der Waals surface area contributed by atoms with E-state index >= 15 is 0 Å². The second kappa shape index (κ2) is 7.94. The number of aryl methyl sites for hydroxylation is 1. The van der Waals surface area contributed by atoms with Crippen LogP contribution in [0.1, 0.15) is 34.8 Å². The zero-order valence-electron chi connectivity index (χ0n) is 14.5. The Morgan fingerprint density at radius 3 is 2.65 bits per heavy atom. The molecule has 3 nitrogen and oxygen atoms in total. The molecule has 2 aromatic rings. The summed E-state index contributed by atoms with van der Waals surface area (Å²) in [6, 6.07) is 7.65. The van der Waals surface area contributed by atoms with Crippen LogP contribution in [0.15, 0.2) is 36.5 Å². The highest BCUT2D eigenvalue weighted by atomic mass is 35.5. The van der Waals surface area contributed by atoms with Gasteiger partial charge in [-0.2, -0.15) is 13.2 Å². The number of alkyl halides is 3. The Bertz CT molecular complexity index is 739. The number of rotatable bonds is 3. The minimum atomic E-state index is -4.49. The van der Waals surface area contributed by atoms with Gasteiger partial charge < -0.3 is 5.32 Å². The van der Waals surface area contributed by atoms with Crippen LogP contribution in [0.2, 0.25) is 5.02 Å². The SMILES string of the molecule is Cc1ccc(C(c2ccc(Cl)c(C(F)(F)F)c2)N2CCCNCC2)nc1. The van der Waals surface area contributed by atoms with Gasteiger partial charge in [-0.15, -0.1) is 0 Å². The third-order valence-electron chi connectivity index (χ3n) is 4.57. The van der Waals surface area contributed by atoms with Crippen LogP contribution in [0.4, 0.5) is 13.2 Å². The summed E-state index contributed by atoms with van der Waals surface area (Å²) in [5.74, 6) is 0. The summed E-state index contributed by atoms with van der Waals surface area (Å²) in [4.78, 5) is 6.68. The van der Waals surface area contributed by atoms with E-state index in [1.807, 2.05) is 19.1 Å². The van der Waals surface area contributed by atoms with Crippen LogP contribution in [0, 0.1) is 6.92 Å². The molecule has 1 aromatic heterocycles. The summed E-state index contributed by atoms with van der Waals surface area (Å²) in [6.07, 6.45) is -1.81. The summed E-state index contributed by atoms with van der Waals surface area (Å²) in [7, 11) is 0. The van der Waals surface area contributed by atoms with Gasteiger partial charge in [0.15, 0.2) is 0 Å². The molecule has 0 spiro atoms. The van der Waals surface area contributed by atoms with E-state index in [0.29, 0.717) is 5.56 Å². The highest BCUT2D eigenvalue weighted by molar-refractivity contribution is 6.31. The lowest BCUT2D eigenvalue weighted by molar-refractivity contribution is -0.137. The molecule has 0 bridgehead atoms. The molecule has 1 saturated heterocycles. The maximum Gasteiger partial charge on any atom is 0.417 e. The molecule has 1 unspecified atom stereocenters. The number of benzene rings is 1. The molecule has 0 radical (unpaired) electrons. The molecule has 0 aliphatic carbocycles. The van der Waals surface area contributed by atoms with Gasteiger partial charge in [-0.3, -0.25) is 9.88 Å². The molecular formula is C19H21ClF3N3. The van der Waals surface area contributed by atoms with Crippen molar-refractivity contribution in [3.8, 4) is 0 Å². The topological polar surface area (TPSA) is 28.2 Å². The Balaban J connectivity index is 2.06. The summed E-state index contributed by atoms with van der Waals surface area (Å²) in [5, 5.41) is 3.04. The van der Waals surface area contributed by atoms with Gasteiger partial charge in [-0.25, -0.2) is 0 Å². The molecule has 0 amide bonds. The average Bonchev–Trinajstić information content (AvgIpc) is 2.86. The molecule has 1 aliphatic rings. The Morgan fingerprint density at radius 1 is 1.15 bits per heavy atom. The second-order valence-electron chi connectivity index (χ2n) is 6.54. The number of pyridine rings is 1. The number of halogens is 4. The zero-order chi connectivity index (χ0) is 18.7. The summed E-state index contributed by atoms with van der Waals surface area (Å²) in [6.45, 7) is 5.16. The Morgan fingerprint density at radius 2 is 1.96 bits per heavy atom. The van der Waals surface area contributed by atoms with Crippen LogP contribution >= 0.6 is 11.6 Å². The Labute approximate surface area is 156 Å². The van der Waals surface area contributed by atoms with E-state index in [2.05, 4.69) is 15.2 Å². The third kappa shape index (κ3) is 4.37. The Kier molecular flexibility index (Phi) is 5.85. The van der Waals surface area contributed by atoms with Gasteiger partial charge in [-0.1, -0.05) is 23.7 Å². The molecular weight excluding hydrogens is 363 g/mol. The number of hydrogen-bond donors (Lipinski definition) is 1. The molecule has 7 heteroatoms. The lowest BCUT2D eigenvalue weighted by Gasteiger charge is -2.31. The van der Waals surface area contributed by atoms with Gasteiger partial charge in [0.2, 0.25) is 0 Å². The molecule has 1 aromatic carbocycles. The number of hydrogen-bond acceptors (Lipinski definition) is 3. The van der Waals surface area contributed by atoms with Gasteiger partial charge in [-0.05, 0) is 49.2 Å². The van der Waals surface area contributed by atoms with Crippen molar-refractivity contribution in [2.24, 2.45) is 0 Å². The zero-order valence-corrected chi connectivity index (χ0v) is 15.2. The molecule has 0 saturated carbocycles. The van der Waals surface area contributed by atoms with E-state index in [1.165, 1.54) is 6.07 Å². The van der Waals surface area contributed by atoms with Crippen LogP contribution in [0.3, 0.4) is 0 Å². The van der Waals surface area contributed by atoms with E-state index in [4.69, 9.17) is 11.6 Å². The Hall–Kier alpha value is -1.63. The average molecular weight is 384 g/mol. The van der Waals surface area contributed by atoms with Crippen molar-refractivity contribution in [3.05, 3.63) is 63.9 Å². The minimum Gasteiger partial charge on any atom is -0.315 e. The number of nitrogens with zero attached hydrogens (tertiary/aromatic N) is 2. The first-order valence-electron chi connectivity index (χ1n) is 8.60. The normalized spacial score (nSPS) is 17.7. The van der Waals surface area contributed by atoms with Gasteiger partial charge in [0.1, 0.15) is 0 Å². The van der Waals surface area contributed by atoms with Gasteiger partial charge >= 0.3 is 6.18 Å². The maximum absolute atomic E-state index is 13.3. The first-order chi connectivity index (χ1) is 12.4. The van der Waals surface area contributed by atoms with Crippen molar-refractivity contribution in [2.45, 2.75) is 25.6 Å². The molecule has 1 aliphatic heterocycles. The molecule has 26 heavy (non-hydrogen) atoms.